The molecule has 1 aromatic rings. The molecule has 5 heteroatoms. The normalized spacial score (nSPS) is 18.5. The first kappa shape index (κ1) is 16.6. The molecular formula is C16H21Cl2NO2. The van der Waals surface area contributed by atoms with Crippen molar-refractivity contribution >= 4 is 29.2 Å². The average molecular weight is 330 g/mol. The molecule has 1 atom stereocenters. The molecule has 1 saturated heterocycles. The summed E-state index contributed by atoms with van der Waals surface area (Å²) in [6, 6.07) is 5.60. The maximum Gasteiger partial charge on any atom is 0.307 e. The first-order valence-electron chi connectivity index (χ1n) is 7.33. The lowest BCUT2D eigenvalue weighted by Crippen LogP contribution is -2.44. The van der Waals surface area contributed by atoms with Crippen molar-refractivity contribution in [3.63, 3.8) is 0 Å². The Morgan fingerprint density at radius 2 is 1.95 bits per heavy atom. The summed E-state index contributed by atoms with van der Waals surface area (Å²) in [5.41, 5.74) is 0.601. The van der Waals surface area contributed by atoms with Crippen molar-refractivity contribution in [2.45, 2.75) is 38.6 Å². The summed E-state index contributed by atoms with van der Waals surface area (Å²) >= 11 is 12.2. The van der Waals surface area contributed by atoms with Crippen LogP contribution in [-0.4, -0.2) is 30.6 Å². The third kappa shape index (κ3) is 3.71. The second-order valence-electron chi connectivity index (χ2n) is 5.58. The van der Waals surface area contributed by atoms with Crippen LogP contribution in [0.5, 0.6) is 0 Å². The van der Waals surface area contributed by atoms with Gasteiger partial charge in [0.25, 0.3) is 0 Å². The lowest BCUT2D eigenvalue weighted by molar-refractivity contribution is -0.146. The van der Waals surface area contributed by atoms with E-state index < -0.39 is 5.54 Å². The SMILES string of the molecule is CCOC(=O)CC(C)(c1ccc(Cl)c(Cl)c1)N1CCCC1. The van der Waals surface area contributed by atoms with E-state index >= 15 is 0 Å². The Labute approximate surface area is 136 Å². The number of ether oxygens (including phenoxy) is 1. The van der Waals surface area contributed by atoms with Crippen LogP contribution in [0.2, 0.25) is 10.0 Å². The van der Waals surface area contributed by atoms with Gasteiger partial charge in [-0.2, -0.15) is 0 Å². The van der Waals surface area contributed by atoms with Gasteiger partial charge < -0.3 is 4.74 Å². The highest BCUT2D eigenvalue weighted by Gasteiger charge is 2.38. The molecule has 1 heterocycles. The molecule has 116 valence electrons. The Morgan fingerprint density at radius 1 is 1.29 bits per heavy atom. The molecule has 0 saturated carbocycles. The van der Waals surface area contributed by atoms with E-state index in [1.165, 1.54) is 0 Å². The van der Waals surface area contributed by atoms with Crippen LogP contribution in [0.25, 0.3) is 0 Å². The van der Waals surface area contributed by atoms with Gasteiger partial charge in [-0.15, -0.1) is 0 Å². The summed E-state index contributed by atoms with van der Waals surface area (Å²) < 4.78 is 5.15. The Bertz CT molecular complexity index is 515. The average Bonchev–Trinajstić information content (AvgIpc) is 2.96. The van der Waals surface area contributed by atoms with Crippen LogP contribution in [0, 0.1) is 0 Å². The molecular weight excluding hydrogens is 309 g/mol. The van der Waals surface area contributed by atoms with Crippen LogP contribution in [-0.2, 0) is 15.1 Å². The van der Waals surface area contributed by atoms with Gasteiger partial charge in [0.15, 0.2) is 0 Å². The number of carbonyl (C=O) groups is 1. The monoisotopic (exact) mass is 329 g/mol. The lowest BCUT2D eigenvalue weighted by atomic mass is 9.87. The van der Waals surface area contributed by atoms with Gasteiger partial charge in [0.1, 0.15) is 0 Å². The second-order valence-corrected chi connectivity index (χ2v) is 6.39. The molecule has 2 rings (SSSR count). The predicted octanol–water partition coefficient (Wildman–Crippen LogP) is 4.26. The van der Waals surface area contributed by atoms with Gasteiger partial charge in [-0.05, 0) is 57.5 Å². The molecule has 21 heavy (non-hydrogen) atoms. The van der Waals surface area contributed by atoms with Crippen molar-refractivity contribution in [2.24, 2.45) is 0 Å². The number of esters is 1. The van der Waals surface area contributed by atoms with Gasteiger partial charge in [0.05, 0.1) is 28.6 Å². The van der Waals surface area contributed by atoms with Gasteiger partial charge in [-0.1, -0.05) is 29.3 Å². The molecule has 1 aliphatic heterocycles. The molecule has 1 unspecified atom stereocenters. The summed E-state index contributed by atoms with van der Waals surface area (Å²) in [5.74, 6) is -0.182. The first-order chi connectivity index (χ1) is 9.97. The van der Waals surface area contributed by atoms with Crippen molar-refractivity contribution in [1.82, 2.24) is 4.90 Å². The van der Waals surface area contributed by atoms with Crippen molar-refractivity contribution in [3.8, 4) is 0 Å². The van der Waals surface area contributed by atoms with Crippen LogP contribution in [0.1, 0.15) is 38.7 Å². The summed E-state index contributed by atoms with van der Waals surface area (Å²) in [4.78, 5) is 14.4. The minimum absolute atomic E-state index is 0.182. The molecule has 0 amide bonds. The Balaban J connectivity index is 2.34. The fourth-order valence-electron chi connectivity index (χ4n) is 2.93. The van der Waals surface area contributed by atoms with Gasteiger partial charge in [0, 0.05) is 0 Å². The first-order valence-corrected chi connectivity index (χ1v) is 8.09. The van der Waals surface area contributed by atoms with Crippen molar-refractivity contribution in [2.75, 3.05) is 19.7 Å². The van der Waals surface area contributed by atoms with Gasteiger partial charge in [-0.25, -0.2) is 0 Å². The summed E-state index contributed by atoms with van der Waals surface area (Å²) in [6.07, 6.45) is 2.62. The molecule has 1 aliphatic rings. The molecule has 1 aromatic carbocycles. The van der Waals surface area contributed by atoms with Crippen LogP contribution >= 0.6 is 23.2 Å². The van der Waals surface area contributed by atoms with Crippen LogP contribution < -0.4 is 0 Å². The largest absolute Gasteiger partial charge is 0.466 e. The Kier molecular flexibility index (Phi) is 5.53. The Morgan fingerprint density at radius 3 is 2.52 bits per heavy atom. The molecule has 0 aliphatic carbocycles. The molecule has 3 nitrogen and oxygen atoms in total. The maximum absolute atomic E-state index is 12.0. The van der Waals surface area contributed by atoms with Crippen molar-refractivity contribution < 1.29 is 9.53 Å². The number of hydrogen-bond acceptors (Lipinski definition) is 3. The Hall–Kier alpha value is -0.770. The minimum atomic E-state index is -0.406. The van der Waals surface area contributed by atoms with E-state index in [9.17, 15) is 4.79 Å². The molecule has 0 radical (unpaired) electrons. The standard InChI is InChI=1S/C16H21Cl2NO2/c1-3-21-15(20)11-16(2,19-8-4-5-9-19)12-6-7-13(17)14(18)10-12/h6-7,10H,3-5,8-9,11H2,1-2H3. The zero-order valence-corrected chi connectivity index (χ0v) is 14.0. The van der Waals surface area contributed by atoms with E-state index in [0.717, 1.165) is 31.5 Å². The number of carbonyl (C=O) groups excluding carboxylic acids is 1. The smallest absolute Gasteiger partial charge is 0.307 e. The molecule has 0 N–H and O–H groups in total. The van der Waals surface area contributed by atoms with Gasteiger partial charge >= 0.3 is 5.97 Å². The van der Waals surface area contributed by atoms with Gasteiger partial charge in [-0.3, -0.25) is 9.69 Å². The lowest BCUT2D eigenvalue weighted by Gasteiger charge is -2.39. The zero-order chi connectivity index (χ0) is 15.5. The fourth-order valence-corrected chi connectivity index (χ4v) is 3.23. The summed E-state index contributed by atoms with van der Waals surface area (Å²) in [6.45, 7) is 6.27. The van der Waals surface area contributed by atoms with E-state index in [4.69, 9.17) is 27.9 Å². The zero-order valence-electron chi connectivity index (χ0n) is 12.5. The van der Waals surface area contributed by atoms with E-state index in [0.29, 0.717) is 23.1 Å². The third-order valence-corrected chi connectivity index (χ3v) is 4.88. The fraction of sp³-hybridized carbons (Fsp3) is 0.562. The highest BCUT2D eigenvalue weighted by Crippen LogP contribution is 2.37. The third-order valence-electron chi connectivity index (χ3n) is 4.14. The number of rotatable bonds is 5. The number of likely N-dealkylation sites (tertiary alicyclic amines) is 1. The van der Waals surface area contributed by atoms with E-state index in [1.807, 2.05) is 19.1 Å². The number of benzene rings is 1. The van der Waals surface area contributed by atoms with Crippen LogP contribution in [0.4, 0.5) is 0 Å². The van der Waals surface area contributed by atoms with Crippen molar-refractivity contribution in [1.29, 1.82) is 0 Å². The molecule has 0 bridgehead atoms. The highest BCUT2D eigenvalue weighted by molar-refractivity contribution is 6.42. The number of hydrogen-bond donors (Lipinski definition) is 0. The minimum Gasteiger partial charge on any atom is -0.466 e. The van der Waals surface area contributed by atoms with Crippen molar-refractivity contribution in [3.05, 3.63) is 33.8 Å². The molecule has 0 spiro atoms. The van der Waals surface area contributed by atoms with Crippen LogP contribution in [0.15, 0.2) is 18.2 Å². The van der Waals surface area contributed by atoms with Gasteiger partial charge in [0.2, 0.25) is 0 Å². The van der Waals surface area contributed by atoms with E-state index in [2.05, 4.69) is 11.8 Å². The number of halogens is 2. The second kappa shape index (κ2) is 6.99. The van der Waals surface area contributed by atoms with E-state index in [-0.39, 0.29) is 5.97 Å². The molecule has 0 aromatic heterocycles. The number of nitrogens with zero attached hydrogens (tertiary/aromatic N) is 1. The predicted molar refractivity (Wildman–Crippen MR) is 85.9 cm³/mol. The quantitative estimate of drug-likeness (QED) is 0.756. The maximum atomic E-state index is 12.0. The summed E-state index contributed by atoms with van der Waals surface area (Å²) in [7, 11) is 0. The summed E-state index contributed by atoms with van der Waals surface area (Å²) in [5, 5.41) is 1.05. The molecule has 1 fully saturated rings. The van der Waals surface area contributed by atoms with E-state index in [1.54, 1.807) is 6.07 Å². The van der Waals surface area contributed by atoms with Crippen LogP contribution in [0.3, 0.4) is 0 Å². The highest BCUT2D eigenvalue weighted by atomic mass is 35.5. The topological polar surface area (TPSA) is 29.5 Å².